The molecule has 0 N–H and O–H groups in total. The minimum atomic E-state index is -0.274. The molecule has 0 spiro atoms. The van der Waals surface area contributed by atoms with Crippen molar-refractivity contribution in [1.82, 2.24) is 10.1 Å². The van der Waals surface area contributed by atoms with E-state index in [1.807, 2.05) is 24.3 Å². The monoisotopic (exact) mass is 412 g/mol. The van der Waals surface area contributed by atoms with Gasteiger partial charge in [-0.3, -0.25) is 9.69 Å². The van der Waals surface area contributed by atoms with Gasteiger partial charge in [0.1, 0.15) is 0 Å². The van der Waals surface area contributed by atoms with E-state index in [1.165, 1.54) is 7.11 Å². The van der Waals surface area contributed by atoms with Crippen molar-refractivity contribution in [2.24, 2.45) is 0 Å². The average Bonchev–Trinajstić information content (AvgIpc) is 3.46. The van der Waals surface area contributed by atoms with Crippen molar-refractivity contribution in [3.05, 3.63) is 53.4 Å². The molecular weight excluding hydrogens is 388 g/mol. The number of carbonyl (C=O) groups excluding carboxylic acids is 1. The number of rotatable bonds is 7. The number of hydrogen-bond acceptors (Lipinski definition) is 8. The number of methoxy groups -OCH3 is 3. The van der Waals surface area contributed by atoms with Gasteiger partial charge in [-0.1, -0.05) is 5.16 Å². The normalized spacial score (nSPS) is 16.2. The van der Waals surface area contributed by atoms with Crippen LogP contribution >= 0.6 is 0 Å². The Morgan fingerprint density at radius 3 is 2.67 bits per heavy atom. The summed E-state index contributed by atoms with van der Waals surface area (Å²) < 4.78 is 26.7. The lowest BCUT2D eigenvalue weighted by Gasteiger charge is -2.36. The van der Waals surface area contributed by atoms with Crippen LogP contribution in [0.15, 0.2) is 45.5 Å². The van der Waals surface area contributed by atoms with Crippen LogP contribution in [0, 0.1) is 0 Å². The molecule has 0 aliphatic carbocycles. The van der Waals surface area contributed by atoms with Crippen LogP contribution in [0.1, 0.15) is 29.3 Å². The van der Waals surface area contributed by atoms with Gasteiger partial charge >= 0.3 is 5.97 Å². The number of benzene rings is 1. The lowest BCUT2D eigenvalue weighted by Crippen LogP contribution is -2.36. The third kappa shape index (κ3) is 3.91. The second kappa shape index (κ2) is 8.62. The van der Waals surface area contributed by atoms with E-state index in [9.17, 15) is 4.79 Å². The lowest BCUT2D eigenvalue weighted by molar-refractivity contribution is -0.142. The average molecular weight is 412 g/mol. The van der Waals surface area contributed by atoms with E-state index in [4.69, 9.17) is 23.2 Å². The number of carbonyl (C=O) groups is 1. The highest BCUT2D eigenvalue weighted by molar-refractivity contribution is 5.70. The SMILES string of the molecule is COC(=O)C[C@H]1c2cc(OC)c(OC)cc2CCN1Cc1cc(-c2ccco2)on1. The molecule has 0 unspecified atom stereocenters. The number of furan rings is 1. The first kappa shape index (κ1) is 20.0. The summed E-state index contributed by atoms with van der Waals surface area (Å²) in [6.45, 7) is 1.28. The Kier molecular flexibility index (Phi) is 5.76. The first-order valence-corrected chi connectivity index (χ1v) is 9.68. The topological polar surface area (TPSA) is 87.2 Å². The van der Waals surface area contributed by atoms with Gasteiger partial charge in [0.05, 0.1) is 39.7 Å². The van der Waals surface area contributed by atoms with Gasteiger partial charge in [0.2, 0.25) is 5.76 Å². The number of esters is 1. The van der Waals surface area contributed by atoms with Gasteiger partial charge in [0.25, 0.3) is 0 Å². The van der Waals surface area contributed by atoms with E-state index in [1.54, 1.807) is 26.5 Å². The summed E-state index contributed by atoms with van der Waals surface area (Å²) in [5, 5.41) is 4.18. The summed E-state index contributed by atoms with van der Waals surface area (Å²) in [5.41, 5.74) is 2.92. The molecule has 1 aromatic carbocycles. The van der Waals surface area contributed by atoms with Crippen molar-refractivity contribution in [1.29, 1.82) is 0 Å². The van der Waals surface area contributed by atoms with Crippen LogP contribution < -0.4 is 9.47 Å². The van der Waals surface area contributed by atoms with Crippen molar-refractivity contribution in [2.45, 2.75) is 25.4 Å². The Labute approximate surface area is 174 Å². The first-order valence-electron chi connectivity index (χ1n) is 9.68. The molecule has 158 valence electrons. The zero-order valence-corrected chi connectivity index (χ0v) is 17.2. The number of ether oxygens (including phenoxy) is 3. The lowest BCUT2D eigenvalue weighted by atomic mass is 9.90. The second-order valence-electron chi connectivity index (χ2n) is 7.08. The highest BCUT2D eigenvalue weighted by Gasteiger charge is 2.32. The third-order valence-corrected chi connectivity index (χ3v) is 5.39. The van der Waals surface area contributed by atoms with Crippen molar-refractivity contribution in [3.63, 3.8) is 0 Å². The summed E-state index contributed by atoms with van der Waals surface area (Å²) in [6, 6.07) is 9.24. The van der Waals surface area contributed by atoms with Crippen molar-refractivity contribution in [3.8, 4) is 23.0 Å². The molecule has 0 bridgehead atoms. The predicted octanol–water partition coefficient (Wildman–Crippen LogP) is 3.61. The summed E-state index contributed by atoms with van der Waals surface area (Å²) in [5.74, 6) is 2.24. The molecular formula is C22H24N2O6. The highest BCUT2D eigenvalue weighted by Crippen LogP contribution is 2.40. The largest absolute Gasteiger partial charge is 0.493 e. The summed E-state index contributed by atoms with van der Waals surface area (Å²) in [7, 11) is 4.62. The van der Waals surface area contributed by atoms with Crippen LogP contribution in [0.5, 0.6) is 11.5 Å². The van der Waals surface area contributed by atoms with E-state index < -0.39 is 0 Å². The van der Waals surface area contributed by atoms with Gasteiger partial charge in [-0.2, -0.15) is 0 Å². The van der Waals surface area contributed by atoms with Crippen LogP contribution in [-0.2, 0) is 22.5 Å². The van der Waals surface area contributed by atoms with Crippen molar-refractivity contribution < 1.29 is 27.9 Å². The zero-order chi connectivity index (χ0) is 21.1. The maximum atomic E-state index is 12.2. The van der Waals surface area contributed by atoms with Gasteiger partial charge in [-0.05, 0) is 41.8 Å². The van der Waals surface area contributed by atoms with Crippen LogP contribution in [0.4, 0.5) is 0 Å². The molecule has 0 fully saturated rings. The molecule has 30 heavy (non-hydrogen) atoms. The van der Waals surface area contributed by atoms with E-state index in [2.05, 4.69) is 10.1 Å². The van der Waals surface area contributed by atoms with Gasteiger partial charge in [0.15, 0.2) is 17.3 Å². The van der Waals surface area contributed by atoms with E-state index in [0.717, 1.165) is 29.8 Å². The van der Waals surface area contributed by atoms with Gasteiger partial charge in [-0.25, -0.2) is 0 Å². The van der Waals surface area contributed by atoms with E-state index in [0.29, 0.717) is 29.6 Å². The molecule has 0 amide bonds. The Morgan fingerprint density at radius 1 is 1.17 bits per heavy atom. The maximum absolute atomic E-state index is 12.2. The molecule has 0 radical (unpaired) electrons. The summed E-state index contributed by atoms with van der Waals surface area (Å²) in [6.07, 6.45) is 2.63. The molecule has 3 heterocycles. The Bertz CT molecular complexity index is 1010. The Hall–Kier alpha value is -3.26. The molecule has 8 heteroatoms. The van der Waals surface area contributed by atoms with Crippen LogP contribution in [0.25, 0.3) is 11.5 Å². The van der Waals surface area contributed by atoms with Crippen molar-refractivity contribution >= 4 is 5.97 Å². The minimum Gasteiger partial charge on any atom is -0.493 e. The van der Waals surface area contributed by atoms with E-state index >= 15 is 0 Å². The molecule has 4 rings (SSSR count). The molecule has 1 aliphatic heterocycles. The summed E-state index contributed by atoms with van der Waals surface area (Å²) in [4.78, 5) is 14.4. The zero-order valence-electron chi connectivity index (χ0n) is 17.2. The fraction of sp³-hybridized carbons (Fsp3) is 0.364. The number of nitrogens with zero attached hydrogens (tertiary/aromatic N) is 2. The van der Waals surface area contributed by atoms with Gasteiger partial charge in [0, 0.05) is 25.2 Å². The fourth-order valence-electron chi connectivity index (χ4n) is 3.88. The molecule has 2 aromatic heterocycles. The predicted molar refractivity (Wildman–Crippen MR) is 107 cm³/mol. The molecule has 3 aromatic rings. The highest BCUT2D eigenvalue weighted by atomic mass is 16.5. The number of fused-ring (bicyclic) bond motifs is 1. The maximum Gasteiger partial charge on any atom is 0.307 e. The van der Waals surface area contributed by atoms with Crippen LogP contribution in [-0.4, -0.2) is 43.9 Å². The molecule has 0 saturated carbocycles. The molecule has 0 saturated heterocycles. The van der Waals surface area contributed by atoms with Gasteiger partial charge in [-0.15, -0.1) is 0 Å². The Balaban J connectivity index is 1.63. The number of aromatic nitrogens is 1. The van der Waals surface area contributed by atoms with Crippen LogP contribution in [0.2, 0.25) is 0 Å². The summed E-state index contributed by atoms with van der Waals surface area (Å²) >= 11 is 0. The third-order valence-electron chi connectivity index (χ3n) is 5.39. The van der Waals surface area contributed by atoms with E-state index in [-0.39, 0.29) is 18.4 Å². The minimum absolute atomic E-state index is 0.176. The second-order valence-corrected chi connectivity index (χ2v) is 7.08. The molecule has 8 nitrogen and oxygen atoms in total. The van der Waals surface area contributed by atoms with Crippen molar-refractivity contribution in [2.75, 3.05) is 27.9 Å². The van der Waals surface area contributed by atoms with Gasteiger partial charge < -0.3 is 23.2 Å². The molecule has 1 atom stereocenters. The van der Waals surface area contributed by atoms with Crippen LogP contribution in [0.3, 0.4) is 0 Å². The smallest absolute Gasteiger partial charge is 0.307 e. The molecule has 1 aliphatic rings. The fourth-order valence-corrected chi connectivity index (χ4v) is 3.88. The standard InChI is InChI=1S/C22H24N2O6/c1-26-19-9-14-6-7-24(13-15-10-21(30-23-15)18-5-4-8-29-18)17(12-22(25)28-3)16(14)11-20(19)27-2/h4-5,8-11,17H,6-7,12-13H2,1-3H3/t17-/m0/s1. The number of hydrogen-bond donors (Lipinski definition) is 0. The quantitative estimate of drug-likeness (QED) is 0.544. The Morgan fingerprint density at radius 2 is 1.97 bits per heavy atom. The first-order chi connectivity index (χ1) is 14.6.